The molecule has 1 aliphatic rings. The Morgan fingerprint density at radius 2 is 2.00 bits per heavy atom. The van der Waals surface area contributed by atoms with Crippen molar-refractivity contribution < 1.29 is 8.42 Å². The SMILES string of the molecule is CC(C)NS(=O)(=O)c1cccnc1N1Cc2ccc(C#N)cc2C1. The third-order valence-corrected chi connectivity index (χ3v) is 5.47. The minimum absolute atomic E-state index is 0.173. The molecule has 7 heteroatoms. The number of nitrogens with one attached hydrogen (secondary N) is 1. The second-order valence-corrected chi connectivity index (χ2v) is 7.73. The van der Waals surface area contributed by atoms with E-state index >= 15 is 0 Å². The third kappa shape index (κ3) is 3.11. The second kappa shape index (κ2) is 6.23. The van der Waals surface area contributed by atoms with Crippen LogP contribution in [-0.4, -0.2) is 19.4 Å². The number of fused-ring (bicyclic) bond motifs is 1. The Labute approximate surface area is 141 Å². The smallest absolute Gasteiger partial charge is 0.244 e. The van der Waals surface area contributed by atoms with E-state index in [0.29, 0.717) is 24.5 Å². The molecule has 124 valence electrons. The number of aromatic nitrogens is 1. The molecule has 0 saturated carbocycles. The van der Waals surface area contributed by atoms with Gasteiger partial charge in [0.1, 0.15) is 10.7 Å². The highest BCUT2D eigenvalue weighted by Gasteiger charge is 2.27. The second-order valence-electron chi connectivity index (χ2n) is 6.05. The van der Waals surface area contributed by atoms with Crippen molar-refractivity contribution in [3.63, 3.8) is 0 Å². The van der Waals surface area contributed by atoms with E-state index < -0.39 is 10.0 Å². The Morgan fingerprint density at radius 1 is 1.25 bits per heavy atom. The quantitative estimate of drug-likeness (QED) is 0.920. The zero-order valence-electron chi connectivity index (χ0n) is 13.5. The first-order chi connectivity index (χ1) is 11.4. The van der Waals surface area contributed by atoms with Crippen LogP contribution in [0.4, 0.5) is 5.82 Å². The van der Waals surface area contributed by atoms with Gasteiger partial charge in [-0.05, 0) is 49.2 Å². The zero-order valence-corrected chi connectivity index (χ0v) is 14.3. The van der Waals surface area contributed by atoms with Crippen LogP contribution in [0.3, 0.4) is 0 Å². The van der Waals surface area contributed by atoms with Gasteiger partial charge in [0, 0.05) is 25.3 Å². The molecule has 0 saturated heterocycles. The normalized spacial score (nSPS) is 13.8. The van der Waals surface area contributed by atoms with Gasteiger partial charge in [0.25, 0.3) is 0 Å². The van der Waals surface area contributed by atoms with Crippen molar-refractivity contribution in [1.29, 1.82) is 5.26 Å². The van der Waals surface area contributed by atoms with Crippen LogP contribution in [0.25, 0.3) is 0 Å². The van der Waals surface area contributed by atoms with Crippen molar-refractivity contribution in [3.8, 4) is 6.07 Å². The van der Waals surface area contributed by atoms with Crippen LogP contribution in [0.2, 0.25) is 0 Å². The Hall–Kier alpha value is -2.43. The number of pyridine rings is 1. The van der Waals surface area contributed by atoms with Gasteiger partial charge in [-0.3, -0.25) is 0 Å². The average molecular weight is 342 g/mol. The standard InChI is InChI=1S/C17H18N4O2S/c1-12(2)20-24(22,23)16-4-3-7-19-17(16)21-10-14-6-5-13(9-18)8-15(14)11-21/h3-8,12,20H,10-11H2,1-2H3. The van der Waals surface area contributed by atoms with Crippen molar-refractivity contribution in [2.75, 3.05) is 4.90 Å². The van der Waals surface area contributed by atoms with Gasteiger partial charge in [0.15, 0.2) is 0 Å². The molecule has 0 fully saturated rings. The molecule has 1 aromatic heterocycles. The van der Waals surface area contributed by atoms with Crippen LogP contribution in [0, 0.1) is 11.3 Å². The molecule has 1 N–H and O–H groups in total. The van der Waals surface area contributed by atoms with Crippen molar-refractivity contribution in [2.45, 2.75) is 37.9 Å². The Kier molecular flexibility index (Phi) is 4.26. The first-order valence-electron chi connectivity index (χ1n) is 7.65. The number of sulfonamides is 1. The van der Waals surface area contributed by atoms with Crippen molar-refractivity contribution in [1.82, 2.24) is 9.71 Å². The van der Waals surface area contributed by atoms with Crippen LogP contribution in [0.1, 0.15) is 30.5 Å². The van der Waals surface area contributed by atoms with E-state index in [2.05, 4.69) is 15.8 Å². The number of hydrogen-bond acceptors (Lipinski definition) is 5. The largest absolute Gasteiger partial charge is 0.347 e. The number of nitriles is 1. The van der Waals surface area contributed by atoms with Gasteiger partial charge < -0.3 is 4.90 Å². The van der Waals surface area contributed by atoms with Gasteiger partial charge in [0.2, 0.25) is 10.0 Å². The fraction of sp³-hybridized carbons (Fsp3) is 0.294. The molecule has 6 nitrogen and oxygen atoms in total. The van der Waals surface area contributed by atoms with Crippen LogP contribution < -0.4 is 9.62 Å². The number of benzene rings is 1. The van der Waals surface area contributed by atoms with E-state index in [4.69, 9.17) is 5.26 Å². The first kappa shape index (κ1) is 16.4. The van der Waals surface area contributed by atoms with Crippen LogP contribution in [-0.2, 0) is 23.1 Å². The maximum Gasteiger partial charge on any atom is 0.244 e. The van der Waals surface area contributed by atoms with Gasteiger partial charge in [-0.1, -0.05) is 6.07 Å². The highest BCUT2D eigenvalue weighted by atomic mass is 32.2. The molecule has 1 aromatic carbocycles. The lowest BCUT2D eigenvalue weighted by Gasteiger charge is -2.20. The van der Waals surface area contributed by atoms with E-state index in [0.717, 1.165) is 11.1 Å². The van der Waals surface area contributed by atoms with E-state index in [1.165, 1.54) is 0 Å². The van der Waals surface area contributed by atoms with E-state index in [-0.39, 0.29) is 10.9 Å². The maximum absolute atomic E-state index is 12.6. The zero-order chi connectivity index (χ0) is 17.3. The van der Waals surface area contributed by atoms with Crippen LogP contribution in [0.5, 0.6) is 0 Å². The molecule has 2 heterocycles. The average Bonchev–Trinajstić information content (AvgIpc) is 2.96. The number of hydrogen-bond donors (Lipinski definition) is 1. The van der Waals surface area contributed by atoms with Gasteiger partial charge >= 0.3 is 0 Å². The molecule has 24 heavy (non-hydrogen) atoms. The summed E-state index contributed by atoms with van der Waals surface area (Å²) in [6.07, 6.45) is 1.59. The maximum atomic E-state index is 12.6. The molecule has 0 bridgehead atoms. The molecule has 0 aliphatic carbocycles. The van der Waals surface area contributed by atoms with Gasteiger partial charge in [0.05, 0.1) is 11.6 Å². The van der Waals surface area contributed by atoms with Gasteiger partial charge in [-0.25, -0.2) is 18.1 Å². The fourth-order valence-electron chi connectivity index (χ4n) is 2.82. The summed E-state index contributed by atoms with van der Waals surface area (Å²) in [6.45, 7) is 4.67. The molecular formula is C17H18N4O2S. The van der Waals surface area contributed by atoms with Crippen molar-refractivity contribution in [2.24, 2.45) is 0 Å². The molecule has 0 unspecified atom stereocenters. The highest BCUT2D eigenvalue weighted by molar-refractivity contribution is 7.89. The molecule has 0 spiro atoms. The summed E-state index contributed by atoms with van der Waals surface area (Å²) in [4.78, 5) is 6.39. The van der Waals surface area contributed by atoms with Gasteiger partial charge in [-0.2, -0.15) is 5.26 Å². The molecule has 0 radical (unpaired) electrons. The monoisotopic (exact) mass is 342 g/mol. The predicted octanol–water partition coefficient (Wildman–Crippen LogP) is 2.16. The molecule has 3 rings (SSSR count). The molecule has 1 aliphatic heterocycles. The van der Waals surface area contributed by atoms with Gasteiger partial charge in [-0.15, -0.1) is 0 Å². The van der Waals surface area contributed by atoms with Crippen molar-refractivity contribution in [3.05, 3.63) is 53.2 Å². The van der Waals surface area contributed by atoms with Crippen molar-refractivity contribution >= 4 is 15.8 Å². The summed E-state index contributed by atoms with van der Waals surface area (Å²) in [7, 11) is -3.63. The van der Waals surface area contributed by atoms with E-state index in [1.807, 2.05) is 17.0 Å². The molecule has 2 aromatic rings. The fourth-order valence-corrected chi connectivity index (χ4v) is 4.24. The summed E-state index contributed by atoms with van der Waals surface area (Å²) in [6, 6.07) is 10.7. The van der Waals surface area contributed by atoms with E-state index in [9.17, 15) is 8.42 Å². The predicted molar refractivity (Wildman–Crippen MR) is 90.7 cm³/mol. The summed E-state index contributed by atoms with van der Waals surface area (Å²) in [5.74, 6) is 0.431. The Balaban J connectivity index is 1.97. The Bertz CT molecular complexity index is 916. The lowest BCUT2D eigenvalue weighted by atomic mass is 10.1. The Morgan fingerprint density at radius 3 is 2.71 bits per heavy atom. The molecular weight excluding hydrogens is 324 g/mol. The number of rotatable bonds is 4. The first-order valence-corrected chi connectivity index (χ1v) is 9.13. The third-order valence-electron chi connectivity index (χ3n) is 3.79. The molecule has 0 amide bonds. The minimum atomic E-state index is -3.63. The topological polar surface area (TPSA) is 86.1 Å². The number of nitrogens with zero attached hydrogens (tertiary/aromatic N) is 3. The van der Waals surface area contributed by atoms with Crippen LogP contribution in [0.15, 0.2) is 41.4 Å². The summed E-state index contributed by atoms with van der Waals surface area (Å²) in [5.41, 5.74) is 2.71. The van der Waals surface area contributed by atoms with Crippen LogP contribution >= 0.6 is 0 Å². The number of anilines is 1. The summed E-state index contributed by atoms with van der Waals surface area (Å²) < 4.78 is 27.7. The highest BCUT2D eigenvalue weighted by Crippen LogP contribution is 2.31. The summed E-state index contributed by atoms with van der Waals surface area (Å²) >= 11 is 0. The molecule has 0 atom stereocenters. The minimum Gasteiger partial charge on any atom is -0.347 e. The lowest BCUT2D eigenvalue weighted by molar-refractivity contribution is 0.569. The lowest BCUT2D eigenvalue weighted by Crippen LogP contribution is -2.32. The van der Waals surface area contributed by atoms with E-state index in [1.54, 1.807) is 38.2 Å². The summed E-state index contributed by atoms with van der Waals surface area (Å²) in [5, 5.41) is 9.02.